The van der Waals surface area contributed by atoms with Crippen molar-refractivity contribution >= 4 is 58.4 Å². The van der Waals surface area contributed by atoms with Gasteiger partial charge >= 0.3 is 0 Å². The summed E-state index contributed by atoms with van der Waals surface area (Å²) in [5, 5.41) is 14.5. The highest BCUT2D eigenvalue weighted by molar-refractivity contribution is 7.80. The monoisotopic (exact) mass is 457 g/mol. The number of nitrogens with zero attached hydrogens (tertiary/aromatic N) is 3. The number of fused-ring (bicyclic) bond motifs is 1. The molecule has 1 aliphatic heterocycles. The Morgan fingerprint density at radius 1 is 1.03 bits per heavy atom. The molecule has 11 heteroatoms. The maximum absolute atomic E-state index is 12.8. The van der Waals surface area contributed by atoms with Crippen molar-refractivity contribution in [1.82, 2.24) is 26.4 Å². The van der Waals surface area contributed by atoms with Crippen molar-refractivity contribution in [1.29, 1.82) is 0 Å². The minimum absolute atomic E-state index is 0.247. The Labute approximate surface area is 191 Å². The second kappa shape index (κ2) is 11.7. The highest BCUT2D eigenvalue weighted by atomic mass is 32.1. The number of imide groups is 1. The zero-order valence-corrected chi connectivity index (χ0v) is 18.6. The van der Waals surface area contributed by atoms with Crippen LogP contribution in [0.25, 0.3) is 0 Å². The number of thiocarbonyl (C=S) groups is 2. The minimum Gasteiger partial charge on any atom is -0.358 e. The number of hydrogen-bond donors (Lipinski definition) is 4. The van der Waals surface area contributed by atoms with Crippen molar-refractivity contribution in [2.75, 3.05) is 13.1 Å². The molecule has 1 aromatic carbocycles. The van der Waals surface area contributed by atoms with Crippen LogP contribution in [0.4, 0.5) is 0 Å². The molecule has 0 spiro atoms. The van der Waals surface area contributed by atoms with Gasteiger partial charge in [-0.25, -0.2) is 0 Å². The summed E-state index contributed by atoms with van der Waals surface area (Å²) in [6, 6.07) is 5.92. The predicted octanol–water partition coefficient (Wildman–Crippen LogP) is 1.31. The van der Waals surface area contributed by atoms with Crippen molar-refractivity contribution in [2.24, 2.45) is 10.2 Å². The van der Waals surface area contributed by atoms with Crippen LogP contribution in [0.5, 0.6) is 0 Å². The van der Waals surface area contributed by atoms with Gasteiger partial charge in [-0.3, -0.25) is 25.3 Å². The zero-order valence-electron chi connectivity index (χ0n) is 16.9. The largest absolute Gasteiger partial charge is 0.358 e. The third-order valence-electron chi connectivity index (χ3n) is 4.10. The van der Waals surface area contributed by atoms with E-state index in [1.807, 2.05) is 0 Å². The predicted molar refractivity (Wildman–Crippen MR) is 130 cm³/mol. The molecule has 1 aromatic rings. The van der Waals surface area contributed by atoms with Crippen LogP contribution in [0.3, 0.4) is 0 Å². The lowest BCUT2D eigenvalue weighted by Crippen LogP contribution is -2.45. The van der Waals surface area contributed by atoms with Gasteiger partial charge in [0.25, 0.3) is 11.8 Å². The van der Waals surface area contributed by atoms with Gasteiger partial charge in [-0.1, -0.05) is 24.3 Å². The fourth-order valence-corrected chi connectivity index (χ4v) is 2.87. The minimum atomic E-state index is -0.734. The van der Waals surface area contributed by atoms with E-state index in [2.05, 4.69) is 44.8 Å². The summed E-state index contributed by atoms with van der Waals surface area (Å²) in [7, 11) is 0. The molecule has 1 atom stereocenters. The number of amides is 2. The van der Waals surface area contributed by atoms with Crippen molar-refractivity contribution in [2.45, 2.75) is 13.0 Å². The maximum Gasteiger partial charge on any atom is 0.262 e. The standard InChI is InChI=1S/C20H23N7O2S2/c1-4-10-21-19(30)25-23-12-16(24-26-20(31)22-11-5-2)13(3)27-17(28)14-8-6-7-9-15(14)18(27)29/h4-9,12-13H,1-2,10-11H2,3H3,(H2,21,25,30)(H2,22,26,31)/b23-12+,24-16-. The van der Waals surface area contributed by atoms with E-state index in [0.717, 1.165) is 4.90 Å². The molecule has 1 aliphatic rings. The highest BCUT2D eigenvalue weighted by Gasteiger charge is 2.39. The SMILES string of the molecule is C=CCNC(=S)N/N=C/C(=N/NC(=S)NCC=C)C(C)N1C(=O)c2ccccc2C1=O. The first-order valence-corrected chi connectivity index (χ1v) is 10.1. The smallest absolute Gasteiger partial charge is 0.262 e. The first kappa shape index (κ1) is 23.8. The topological polar surface area (TPSA) is 110 Å². The van der Waals surface area contributed by atoms with E-state index in [1.54, 1.807) is 43.3 Å². The second-order valence-corrected chi connectivity index (χ2v) is 7.03. The normalized spacial score (nSPS) is 14.1. The van der Waals surface area contributed by atoms with Crippen LogP contribution in [-0.4, -0.2) is 58.0 Å². The van der Waals surface area contributed by atoms with Gasteiger partial charge in [0.15, 0.2) is 10.2 Å². The van der Waals surface area contributed by atoms with Crippen LogP contribution in [0.15, 0.2) is 59.8 Å². The van der Waals surface area contributed by atoms with E-state index in [-0.39, 0.29) is 15.9 Å². The molecule has 2 rings (SSSR count). The van der Waals surface area contributed by atoms with Crippen LogP contribution in [0, 0.1) is 0 Å². The van der Waals surface area contributed by atoms with Crippen LogP contribution >= 0.6 is 24.4 Å². The van der Waals surface area contributed by atoms with Crippen molar-refractivity contribution in [3.8, 4) is 0 Å². The maximum atomic E-state index is 12.8. The molecule has 0 aromatic heterocycles. The summed E-state index contributed by atoms with van der Waals surface area (Å²) in [5.41, 5.74) is 6.28. The fraction of sp³-hybridized carbons (Fsp3) is 0.200. The van der Waals surface area contributed by atoms with Crippen molar-refractivity contribution < 1.29 is 9.59 Å². The first-order valence-electron chi connectivity index (χ1n) is 9.27. The Hall–Kier alpha value is -3.44. The van der Waals surface area contributed by atoms with Gasteiger partial charge in [-0.15, -0.1) is 13.2 Å². The quantitative estimate of drug-likeness (QED) is 0.144. The molecule has 0 bridgehead atoms. The number of carbonyl (C=O) groups is 2. The lowest BCUT2D eigenvalue weighted by atomic mass is 10.1. The van der Waals surface area contributed by atoms with E-state index in [9.17, 15) is 9.59 Å². The van der Waals surface area contributed by atoms with Gasteiger partial charge in [0.2, 0.25) is 0 Å². The first-order chi connectivity index (χ1) is 14.9. The van der Waals surface area contributed by atoms with Crippen LogP contribution in [-0.2, 0) is 0 Å². The van der Waals surface area contributed by atoms with E-state index < -0.39 is 17.9 Å². The summed E-state index contributed by atoms with van der Waals surface area (Å²) in [6.07, 6.45) is 4.65. The van der Waals surface area contributed by atoms with Gasteiger partial charge in [-0.05, 0) is 43.5 Å². The molecule has 31 heavy (non-hydrogen) atoms. The summed E-state index contributed by atoms with van der Waals surface area (Å²) in [4.78, 5) is 26.8. The second-order valence-electron chi connectivity index (χ2n) is 6.22. The molecular weight excluding hydrogens is 434 g/mol. The Balaban J connectivity index is 2.22. The molecule has 2 amide bonds. The van der Waals surface area contributed by atoms with Gasteiger partial charge in [0.05, 0.1) is 23.4 Å². The molecule has 1 heterocycles. The van der Waals surface area contributed by atoms with Crippen molar-refractivity contribution in [3.05, 3.63) is 60.7 Å². The van der Waals surface area contributed by atoms with Crippen LogP contribution < -0.4 is 21.5 Å². The number of benzene rings is 1. The van der Waals surface area contributed by atoms with E-state index >= 15 is 0 Å². The molecular formula is C20H23N7O2S2. The summed E-state index contributed by atoms with van der Waals surface area (Å²) >= 11 is 10.2. The summed E-state index contributed by atoms with van der Waals surface area (Å²) < 4.78 is 0. The number of hydrazone groups is 2. The van der Waals surface area contributed by atoms with E-state index in [4.69, 9.17) is 24.4 Å². The summed E-state index contributed by atoms with van der Waals surface area (Å²) in [5.74, 6) is -0.810. The molecule has 0 radical (unpaired) electrons. The average Bonchev–Trinajstić information content (AvgIpc) is 3.03. The number of hydrogen-bond acceptors (Lipinski definition) is 6. The van der Waals surface area contributed by atoms with Gasteiger partial charge < -0.3 is 10.6 Å². The van der Waals surface area contributed by atoms with Gasteiger partial charge in [-0.2, -0.15) is 10.2 Å². The van der Waals surface area contributed by atoms with Crippen molar-refractivity contribution in [3.63, 3.8) is 0 Å². The number of carbonyl (C=O) groups excluding carboxylic acids is 2. The Kier molecular flexibility index (Phi) is 8.97. The lowest BCUT2D eigenvalue weighted by Gasteiger charge is -2.22. The van der Waals surface area contributed by atoms with Crippen LogP contribution in [0.1, 0.15) is 27.6 Å². The number of nitrogens with one attached hydrogen (secondary N) is 4. The van der Waals surface area contributed by atoms with Gasteiger partial charge in [0.1, 0.15) is 5.71 Å². The molecule has 1 unspecified atom stereocenters. The molecule has 0 saturated heterocycles. The number of rotatable bonds is 9. The molecule has 162 valence electrons. The third kappa shape index (κ3) is 6.27. The third-order valence-corrected chi connectivity index (χ3v) is 4.58. The molecule has 9 nitrogen and oxygen atoms in total. The average molecular weight is 458 g/mol. The summed E-state index contributed by atoms with van der Waals surface area (Å²) in [6.45, 7) is 9.78. The van der Waals surface area contributed by atoms with E-state index in [0.29, 0.717) is 24.2 Å². The Morgan fingerprint density at radius 2 is 1.55 bits per heavy atom. The molecule has 0 aliphatic carbocycles. The lowest BCUT2D eigenvalue weighted by molar-refractivity contribution is 0.0636. The highest BCUT2D eigenvalue weighted by Crippen LogP contribution is 2.24. The fourth-order valence-electron chi connectivity index (χ4n) is 2.60. The Bertz CT molecular complexity index is 924. The van der Waals surface area contributed by atoms with Gasteiger partial charge in [0, 0.05) is 13.1 Å². The zero-order chi connectivity index (χ0) is 22.8. The molecule has 0 saturated carbocycles. The van der Waals surface area contributed by atoms with Crippen LogP contribution in [0.2, 0.25) is 0 Å². The molecule has 4 N–H and O–H groups in total. The molecule has 0 fully saturated rings. The Morgan fingerprint density at radius 3 is 2.06 bits per heavy atom. The van der Waals surface area contributed by atoms with E-state index in [1.165, 1.54) is 6.21 Å².